The summed E-state index contributed by atoms with van der Waals surface area (Å²) in [4.78, 5) is 13.7. The maximum Gasteiger partial charge on any atom is 0.0717 e. The molecule has 8 aromatic rings. The molecule has 3 heterocycles. The van der Waals surface area contributed by atoms with Crippen molar-refractivity contribution < 1.29 is 0 Å². The van der Waals surface area contributed by atoms with Gasteiger partial charge in [-0.25, -0.2) is 0 Å². The van der Waals surface area contributed by atoms with Gasteiger partial charge < -0.3 is 0 Å². The first-order chi connectivity index (χ1) is 21.8. The Morgan fingerprint density at radius 3 is 1.66 bits per heavy atom. The lowest BCUT2D eigenvalue weighted by atomic mass is 9.85. The topological polar surface area (TPSA) is 38.7 Å². The van der Waals surface area contributed by atoms with Gasteiger partial charge in [0.1, 0.15) is 0 Å². The molecule has 3 aromatic heterocycles. The van der Waals surface area contributed by atoms with Gasteiger partial charge in [0.25, 0.3) is 0 Å². The molecule has 0 aliphatic carbocycles. The number of aromatic nitrogens is 3. The average Bonchev–Trinajstić information content (AvgIpc) is 3.12. The van der Waals surface area contributed by atoms with Crippen molar-refractivity contribution in [3.63, 3.8) is 0 Å². The molecule has 206 valence electrons. The van der Waals surface area contributed by atoms with Crippen LogP contribution >= 0.6 is 0 Å². The largest absolute Gasteiger partial charge is 0.264 e. The Morgan fingerprint density at radius 1 is 0.318 bits per heavy atom. The van der Waals surface area contributed by atoms with Gasteiger partial charge in [0.2, 0.25) is 0 Å². The second kappa shape index (κ2) is 11.0. The highest BCUT2D eigenvalue weighted by atomic mass is 14.7. The molecule has 0 radical (unpaired) electrons. The zero-order valence-electron chi connectivity index (χ0n) is 23.9. The van der Waals surface area contributed by atoms with Crippen LogP contribution in [0, 0.1) is 0 Å². The predicted molar refractivity (Wildman–Crippen MR) is 182 cm³/mol. The van der Waals surface area contributed by atoms with Gasteiger partial charge in [-0.15, -0.1) is 0 Å². The number of hydrogen-bond acceptors (Lipinski definition) is 3. The lowest BCUT2D eigenvalue weighted by Gasteiger charge is -2.19. The second-order valence-electron chi connectivity index (χ2n) is 10.9. The zero-order chi connectivity index (χ0) is 29.3. The van der Waals surface area contributed by atoms with E-state index in [9.17, 15) is 0 Å². The average molecular weight is 562 g/mol. The van der Waals surface area contributed by atoms with Crippen molar-refractivity contribution in [2.75, 3.05) is 0 Å². The Bertz CT molecular complexity index is 2230. The molecule has 44 heavy (non-hydrogen) atoms. The van der Waals surface area contributed by atoms with Crippen LogP contribution in [-0.4, -0.2) is 15.0 Å². The number of pyridine rings is 3. The third kappa shape index (κ3) is 4.61. The van der Waals surface area contributed by atoms with Gasteiger partial charge in [0, 0.05) is 41.5 Å². The SMILES string of the molecule is c1ccc(-c2ccc3c(-c4ccc(-c5cccnc5)nc4)c4ccccc4c(-c4ccc(-c5ccccn5)cc4)c3c2)cc1. The van der Waals surface area contributed by atoms with Crippen molar-refractivity contribution >= 4 is 21.5 Å². The van der Waals surface area contributed by atoms with Gasteiger partial charge in [-0.3, -0.25) is 15.0 Å². The molecule has 0 bridgehead atoms. The first-order valence-corrected chi connectivity index (χ1v) is 14.8. The fraction of sp³-hybridized carbons (Fsp3) is 0. The standard InChI is InChI=1S/C41H27N3/c1-2-9-28(10-3-1)31-19-21-36-37(25-31)40(30-17-15-29(16-18-30)38-14-6-7-24-43-38)34-12-4-5-13-35(34)41(36)33-20-22-39(44-27-33)32-11-8-23-42-26-32/h1-27H. The molecule has 3 nitrogen and oxygen atoms in total. The number of benzene rings is 5. The van der Waals surface area contributed by atoms with Crippen molar-refractivity contribution in [3.05, 3.63) is 164 Å². The van der Waals surface area contributed by atoms with Crippen LogP contribution < -0.4 is 0 Å². The summed E-state index contributed by atoms with van der Waals surface area (Å²) in [5.41, 5.74) is 11.0. The molecule has 0 atom stereocenters. The van der Waals surface area contributed by atoms with E-state index in [-0.39, 0.29) is 0 Å². The number of hydrogen-bond donors (Lipinski definition) is 0. The molecule has 0 aliphatic rings. The monoisotopic (exact) mass is 561 g/mol. The van der Waals surface area contributed by atoms with Crippen LogP contribution in [0.1, 0.15) is 0 Å². The van der Waals surface area contributed by atoms with E-state index in [0.717, 1.165) is 28.1 Å². The Kier molecular flexibility index (Phi) is 6.47. The molecule has 0 spiro atoms. The molecule has 3 heteroatoms. The highest BCUT2D eigenvalue weighted by molar-refractivity contribution is 6.22. The van der Waals surface area contributed by atoms with Crippen LogP contribution in [0.5, 0.6) is 0 Å². The fourth-order valence-corrected chi connectivity index (χ4v) is 6.18. The van der Waals surface area contributed by atoms with Crippen LogP contribution in [0.2, 0.25) is 0 Å². The summed E-state index contributed by atoms with van der Waals surface area (Å²) in [6.07, 6.45) is 7.47. The summed E-state index contributed by atoms with van der Waals surface area (Å²) in [6.45, 7) is 0. The highest BCUT2D eigenvalue weighted by Crippen LogP contribution is 2.45. The first kappa shape index (κ1) is 25.8. The van der Waals surface area contributed by atoms with E-state index in [1.807, 2.05) is 48.9 Å². The second-order valence-corrected chi connectivity index (χ2v) is 10.9. The van der Waals surface area contributed by atoms with Crippen LogP contribution in [0.3, 0.4) is 0 Å². The van der Waals surface area contributed by atoms with Gasteiger partial charge in [0.05, 0.1) is 11.4 Å². The summed E-state index contributed by atoms with van der Waals surface area (Å²) in [5.74, 6) is 0. The molecular formula is C41H27N3. The molecule has 0 amide bonds. The molecule has 0 saturated heterocycles. The fourth-order valence-electron chi connectivity index (χ4n) is 6.18. The molecule has 0 unspecified atom stereocenters. The van der Waals surface area contributed by atoms with E-state index in [0.29, 0.717) is 0 Å². The van der Waals surface area contributed by atoms with E-state index in [4.69, 9.17) is 4.98 Å². The van der Waals surface area contributed by atoms with Crippen molar-refractivity contribution in [3.8, 4) is 55.9 Å². The van der Waals surface area contributed by atoms with Crippen molar-refractivity contribution in [1.29, 1.82) is 0 Å². The maximum atomic E-state index is 4.88. The third-order valence-corrected chi connectivity index (χ3v) is 8.27. The van der Waals surface area contributed by atoms with Gasteiger partial charge >= 0.3 is 0 Å². The smallest absolute Gasteiger partial charge is 0.0717 e. The molecule has 0 saturated carbocycles. The minimum absolute atomic E-state index is 0.909. The normalized spacial score (nSPS) is 11.2. The van der Waals surface area contributed by atoms with E-state index in [1.165, 1.54) is 49.4 Å². The highest BCUT2D eigenvalue weighted by Gasteiger charge is 2.18. The van der Waals surface area contributed by atoms with E-state index >= 15 is 0 Å². The Hall–Kier alpha value is -5.93. The van der Waals surface area contributed by atoms with Gasteiger partial charge in [-0.05, 0) is 85.8 Å². The quantitative estimate of drug-likeness (QED) is 0.196. The van der Waals surface area contributed by atoms with Crippen LogP contribution in [-0.2, 0) is 0 Å². The van der Waals surface area contributed by atoms with E-state index < -0.39 is 0 Å². The molecule has 0 fully saturated rings. The molecule has 0 aliphatic heterocycles. The summed E-state index contributed by atoms with van der Waals surface area (Å²) in [6, 6.07) is 49.3. The van der Waals surface area contributed by atoms with E-state index in [1.54, 1.807) is 6.20 Å². The van der Waals surface area contributed by atoms with Crippen LogP contribution in [0.15, 0.2) is 164 Å². The number of nitrogens with zero attached hydrogens (tertiary/aromatic N) is 3. The minimum Gasteiger partial charge on any atom is -0.264 e. The van der Waals surface area contributed by atoms with Crippen LogP contribution in [0.25, 0.3) is 77.4 Å². The Balaban J connectivity index is 1.38. The summed E-state index contributed by atoms with van der Waals surface area (Å²) >= 11 is 0. The van der Waals surface area contributed by atoms with Gasteiger partial charge in [-0.1, -0.05) is 103 Å². The Morgan fingerprint density at radius 2 is 0.955 bits per heavy atom. The van der Waals surface area contributed by atoms with Gasteiger partial charge in [-0.2, -0.15) is 0 Å². The number of fused-ring (bicyclic) bond motifs is 2. The third-order valence-electron chi connectivity index (χ3n) is 8.27. The van der Waals surface area contributed by atoms with Crippen LogP contribution in [0.4, 0.5) is 0 Å². The maximum absolute atomic E-state index is 4.88. The van der Waals surface area contributed by atoms with Crippen molar-refractivity contribution in [2.45, 2.75) is 0 Å². The van der Waals surface area contributed by atoms with Crippen molar-refractivity contribution in [2.24, 2.45) is 0 Å². The lowest BCUT2D eigenvalue weighted by molar-refractivity contribution is 1.28. The molecular weight excluding hydrogens is 534 g/mol. The van der Waals surface area contributed by atoms with Gasteiger partial charge in [0.15, 0.2) is 0 Å². The molecule has 8 rings (SSSR count). The Labute approximate surface area is 256 Å². The predicted octanol–water partition coefficient (Wildman–Crippen LogP) is 10.5. The van der Waals surface area contributed by atoms with E-state index in [2.05, 4.69) is 119 Å². The summed E-state index contributed by atoms with van der Waals surface area (Å²) in [7, 11) is 0. The summed E-state index contributed by atoms with van der Waals surface area (Å²) in [5, 5.41) is 4.82. The lowest BCUT2D eigenvalue weighted by Crippen LogP contribution is -1.93. The number of rotatable bonds is 5. The molecule has 5 aromatic carbocycles. The van der Waals surface area contributed by atoms with Crippen molar-refractivity contribution in [1.82, 2.24) is 15.0 Å². The minimum atomic E-state index is 0.909. The first-order valence-electron chi connectivity index (χ1n) is 14.8. The zero-order valence-corrected chi connectivity index (χ0v) is 23.9. The summed E-state index contributed by atoms with van der Waals surface area (Å²) < 4.78 is 0. The molecule has 0 N–H and O–H groups in total.